The largest absolute Gasteiger partial charge is 0.463 e. The third-order valence-electron chi connectivity index (χ3n) is 8.31. The van der Waals surface area contributed by atoms with Crippen LogP contribution < -0.4 is 31.9 Å². The molecule has 7 rings (SSSR count). The topological polar surface area (TPSA) is 91.8 Å². The van der Waals surface area contributed by atoms with Gasteiger partial charge in [0.2, 0.25) is 0 Å². The molecule has 0 spiro atoms. The van der Waals surface area contributed by atoms with E-state index in [0.29, 0.717) is 0 Å². The number of nitrogens with one attached hydrogen (secondary N) is 6. The third-order valence-corrected chi connectivity index (χ3v) is 8.31. The zero-order chi connectivity index (χ0) is 29.4. The van der Waals surface area contributed by atoms with E-state index in [4.69, 9.17) is 4.42 Å². The van der Waals surface area contributed by atoms with Crippen molar-refractivity contribution in [3.8, 4) is 0 Å². The van der Waals surface area contributed by atoms with Crippen molar-refractivity contribution >= 4 is 0 Å². The van der Waals surface area contributed by atoms with Gasteiger partial charge in [0.1, 0.15) is 11.5 Å². The van der Waals surface area contributed by atoms with Crippen LogP contribution in [0.3, 0.4) is 0 Å². The summed E-state index contributed by atoms with van der Waals surface area (Å²) in [5.74, 6) is 2.00. The highest BCUT2D eigenvalue weighted by Crippen LogP contribution is 2.08. The fraction of sp³-hybridized carbons (Fsp3) is 0.529. The molecule has 2 aromatic carbocycles. The highest BCUT2D eigenvalue weighted by Gasteiger charge is 2.09. The lowest BCUT2D eigenvalue weighted by atomic mass is 10.1. The second kappa shape index (κ2) is 18.3. The van der Waals surface area contributed by atoms with Gasteiger partial charge in [0.25, 0.3) is 0 Å². The van der Waals surface area contributed by atoms with E-state index < -0.39 is 0 Å². The number of fused-ring (bicyclic) bond motifs is 16. The van der Waals surface area contributed by atoms with Crippen molar-refractivity contribution < 1.29 is 4.42 Å². The monoisotopic (exact) mass is 588 g/mol. The van der Waals surface area contributed by atoms with Gasteiger partial charge in [0, 0.05) is 105 Å². The van der Waals surface area contributed by atoms with Crippen LogP contribution in [0.1, 0.15) is 33.8 Å². The van der Waals surface area contributed by atoms with Crippen LogP contribution >= 0.6 is 0 Å². The van der Waals surface area contributed by atoms with E-state index in [9.17, 15) is 0 Å². The second-order valence-corrected chi connectivity index (χ2v) is 11.7. The summed E-state index contributed by atoms with van der Waals surface area (Å²) in [7, 11) is 0. The Morgan fingerprint density at radius 3 is 0.884 bits per heavy atom. The van der Waals surface area contributed by atoms with Crippen molar-refractivity contribution in [3.63, 3.8) is 0 Å². The van der Waals surface area contributed by atoms with Crippen LogP contribution in [0.15, 0.2) is 65.1 Å². The van der Waals surface area contributed by atoms with Crippen LogP contribution in [-0.4, -0.2) is 88.3 Å². The summed E-state index contributed by atoms with van der Waals surface area (Å²) in [5, 5.41) is 21.8. The molecule has 9 heteroatoms. The number of hydrogen-bond donors (Lipinski definition) is 6. The molecular formula is C34H52N8O. The van der Waals surface area contributed by atoms with Crippen molar-refractivity contribution in [3.05, 3.63) is 94.4 Å². The number of benzene rings is 2. The molecule has 0 atom stereocenters. The van der Waals surface area contributed by atoms with E-state index in [1.807, 2.05) is 0 Å². The predicted octanol–water partition coefficient (Wildman–Crippen LogP) is 1.85. The van der Waals surface area contributed by atoms with E-state index in [-0.39, 0.29) is 0 Å². The Balaban J connectivity index is 1.27. The first-order valence-corrected chi connectivity index (χ1v) is 16.2. The van der Waals surface area contributed by atoms with Gasteiger partial charge in [0.05, 0.1) is 13.1 Å². The second-order valence-electron chi connectivity index (χ2n) is 11.7. The maximum absolute atomic E-state index is 6.10. The molecule has 3 aromatic rings. The molecule has 4 aliphatic heterocycles. The van der Waals surface area contributed by atoms with Crippen molar-refractivity contribution in [1.82, 2.24) is 41.7 Å². The molecule has 43 heavy (non-hydrogen) atoms. The maximum Gasteiger partial charge on any atom is 0.118 e. The molecule has 0 saturated heterocycles. The average molecular weight is 589 g/mol. The first-order chi connectivity index (χ1) is 21.3. The minimum atomic E-state index is 0.754. The van der Waals surface area contributed by atoms with Crippen LogP contribution in [-0.2, 0) is 39.3 Å². The smallest absolute Gasteiger partial charge is 0.118 e. The van der Waals surface area contributed by atoms with Crippen LogP contribution in [0.5, 0.6) is 0 Å². The molecule has 0 unspecified atom stereocenters. The minimum Gasteiger partial charge on any atom is -0.463 e. The minimum absolute atomic E-state index is 0.754. The zero-order valence-corrected chi connectivity index (χ0v) is 25.8. The van der Waals surface area contributed by atoms with Crippen LogP contribution in [0, 0.1) is 0 Å². The average Bonchev–Trinajstić information content (AvgIpc) is 3.49. The zero-order valence-electron chi connectivity index (χ0n) is 25.8. The van der Waals surface area contributed by atoms with Gasteiger partial charge in [-0.1, -0.05) is 48.5 Å². The van der Waals surface area contributed by atoms with Gasteiger partial charge in [-0.25, -0.2) is 0 Å². The lowest BCUT2D eigenvalue weighted by Crippen LogP contribution is -2.40. The fourth-order valence-corrected chi connectivity index (χ4v) is 5.61. The highest BCUT2D eigenvalue weighted by molar-refractivity contribution is 5.23. The normalized spacial score (nSPS) is 23.0. The first kappa shape index (κ1) is 31.8. The molecule has 0 aliphatic carbocycles. The summed E-state index contributed by atoms with van der Waals surface area (Å²) in [6.07, 6.45) is 0. The summed E-state index contributed by atoms with van der Waals surface area (Å²) in [6, 6.07) is 22.3. The summed E-state index contributed by atoms with van der Waals surface area (Å²) in [6.45, 7) is 16.8. The predicted molar refractivity (Wildman–Crippen MR) is 175 cm³/mol. The van der Waals surface area contributed by atoms with Crippen molar-refractivity contribution in [2.45, 2.75) is 39.3 Å². The van der Waals surface area contributed by atoms with E-state index in [1.54, 1.807) is 0 Å². The lowest BCUT2D eigenvalue weighted by Gasteiger charge is -2.23. The number of nitrogens with zero attached hydrogens (tertiary/aromatic N) is 2. The van der Waals surface area contributed by atoms with Gasteiger partial charge in [-0.05, 0) is 34.4 Å². The summed E-state index contributed by atoms with van der Waals surface area (Å²) in [4.78, 5) is 5.08. The van der Waals surface area contributed by atoms with Crippen molar-refractivity contribution in [2.75, 3.05) is 78.5 Å². The Labute approximate surface area is 258 Å². The molecule has 5 heterocycles. The Morgan fingerprint density at radius 2 is 0.605 bits per heavy atom. The van der Waals surface area contributed by atoms with Gasteiger partial charge in [-0.2, -0.15) is 0 Å². The van der Waals surface area contributed by atoms with E-state index in [2.05, 4.69) is 102 Å². The lowest BCUT2D eigenvalue weighted by molar-refractivity contribution is 0.268. The van der Waals surface area contributed by atoms with E-state index >= 15 is 0 Å². The Bertz CT molecular complexity index is 1010. The summed E-state index contributed by atoms with van der Waals surface area (Å²) >= 11 is 0. The van der Waals surface area contributed by atoms with Crippen molar-refractivity contribution in [1.29, 1.82) is 0 Å². The number of rotatable bonds is 0. The number of hydrogen-bond acceptors (Lipinski definition) is 9. The van der Waals surface area contributed by atoms with Gasteiger partial charge < -0.3 is 36.3 Å². The highest BCUT2D eigenvalue weighted by atomic mass is 16.3. The maximum atomic E-state index is 6.10. The van der Waals surface area contributed by atoms with Gasteiger partial charge in [-0.15, -0.1) is 0 Å². The fourth-order valence-electron chi connectivity index (χ4n) is 5.61. The van der Waals surface area contributed by atoms with E-state index in [1.165, 1.54) is 22.3 Å². The van der Waals surface area contributed by atoms with Gasteiger partial charge in [-0.3, -0.25) is 9.80 Å². The molecule has 4 aliphatic rings. The number of furan rings is 1. The third kappa shape index (κ3) is 11.8. The van der Waals surface area contributed by atoms with Crippen LogP contribution in [0.4, 0.5) is 0 Å². The molecule has 6 N–H and O–H groups in total. The van der Waals surface area contributed by atoms with Crippen LogP contribution in [0.2, 0.25) is 0 Å². The first-order valence-electron chi connectivity index (χ1n) is 16.2. The van der Waals surface area contributed by atoms with Crippen LogP contribution in [0.25, 0.3) is 0 Å². The SMILES string of the molecule is c1cc2ccc1CNCCN1CCNCc3ccc(cc3)CNCCN(CCNC2)CCNCc2ccc(o2)CNCC1. The van der Waals surface area contributed by atoms with Gasteiger partial charge in [0.15, 0.2) is 0 Å². The molecule has 1 aromatic heterocycles. The molecule has 0 radical (unpaired) electrons. The molecule has 0 fully saturated rings. The Kier molecular flexibility index (Phi) is 13.5. The standard InChI is InChI=1S/C34H52N8O/c1-2-30-4-3-29(1)23-35-11-17-41-19-13-37-25-31-5-7-32(8-6-31)26-38-14-20-42(18-12-36-24-30)22-16-40-28-34-10-9-33(43-34)27-39-15-21-41/h1-10,35-40H,11-28H2. The molecule has 0 amide bonds. The Morgan fingerprint density at radius 1 is 0.349 bits per heavy atom. The summed E-state index contributed by atoms with van der Waals surface area (Å²) < 4.78 is 6.10. The van der Waals surface area contributed by atoms with E-state index in [0.717, 1.165) is 129 Å². The Hall–Kier alpha value is -2.60. The molecule has 234 valence electrons. The quantitative estimate of drug-likeness (QED) is 0.236. The molecular weight excluding hydrogens is 536 g/mol. The van der Waals surface area contributed by atoms with Gasteiger partial charge >= 0.3 is 0 Å². The van der Waals surface area contributed by atoms with Crippen molar-refractivity contribution in [2.24, 2.45) is 0 Å². The molecule has 0 saturated carbocycles. The molecule has 8 bridgehead atoms. The summed E-state index contributed by atoms with van der Waals surface area (Å²) in [5.41, 5.74) is 5.34. The molecule has 9 nitrogen and oxygen atoms in total.